The maximum atomic E-state index is 12.9. The van der Waals surface area contributed by atoms with Crippen LogP contribution in [0.25, 0.3) is 0 Å². The lowest BCUT2D eigenvalue weighted by Gasteiger charge is -2.21. The van der Waals surface area contributed by atoms with E-state index in [0.29, 0.717) is 5.41 Å². The molecule has 0 spiro atoms. The van der Waals surface area contributed by atoms with Gasteiger partial charge in [0.05, 0.1) is 0 Å². The van der Waals surface area contributed by atoms with Gasteiger partial charge in [0.1, 0.15) is 5.82 Å². The summed E-state index contributed by atoms with van der Waals surface area (Å²) in [6, 6.07) is 6.92. The lowest BCUT2D eigenvalue weighted by atomic mass is 9.84. The highest BCUT2D eigenvalue weighted by Gasteiger charge is 2.13. The second-order valence-electron chi connectivity index (χ2n) is 5.53. The molecule has 0 aromatic heterocycles. The van der Waals surface area contributed by atoms with Gasteiger partial charge in [0.2, 0.25) is 0 Å². The second-order valence-corrected chi connectivity index (χ2v) is 5.53. The van der Waals surface area contributed by atoms with Gasteiger partial charge in [0.15, 0.2) is 0 Å². The number of unbranched alkanes of at least 4 members (excludes halogenated alkanes) is 2. The summed E-state index contributed by atoms with van der Waals surface area (Å²) in [7, 11) is 0. The van der Waals surface area contributed by atoms with E-state index in [-0.39, 0.29) is 5.82 Å². The Hall–Kier alpha value is -0.850. The first-order chi connectivity index (χ1) is 8.03. The summed E-state index contributed by atoms with van der Waals surface area (Å²) >= 11 is 0. The Morgan fingerprint density at radius 3 is 2.71 bits per heavy atom. The van der Waals surface area contributed by atoms with Crippen LogP contribution < -0.4 is 0 Å². The van der Waals surface area contributed by atoms with E-state index in [4.69, 9.17) is 0 Å². The van der Waals surface area contributed by atoms with Gasteiger partial charge in [-0.1, -0.05) is 39.3 Å². The van der Waals surface area contributed by atoms with Crippen molar-refractivity contribution in [1.82, 2.24) is 0 Å². The summed E-state index contributed by atoms with van der Waals surface area (Å²) in [5, 5.41) is 0. The van der Waals surface area contributed by atoms with Crippen molar-refractivity contribution in [3.8, 4) is 0 Å². The highest BCUT2D eigenvalue weighted by atomic mass is 19.1. The van der Waals surface area contributed by atoms with E-state index < -0.39 is 0 Å². The minimum absolute atomic E-state index is 0.126. The Bertz CT molecular complexity index is 328. The van der Waals surface area contributed by atoms with Crippen molar-refractivity contribution in [2.75, 3.05) is 0 Å². The van der Waals surface area contributed by atoms with Crippen LogP contribution in [0.4, 0.5) is 4.39 Å². The van der Waals surface area contributed by atoms with E-state index in [0.717, 1.165) is 24.8 Å². The largest absolute Gasteiger partial charge is 0.207 e. The molecule has 17 heavy (non-hydrogen) atoms. The molecule has 95 valence electrons. The molecule has 0 unspecified atom stereocenters. The fourth-order valence-corrected chi connectivity index (χ4v) is 1.78. The van der Waals surface area contributed by atoms with Crippen LogP contribution in [0.15, 0.2) is 24.3 Å². The molecule has 1 heteroatoms. The van der Waals surface area contributed by atoms with E-state index in [1.165, 1.54) is 18.9 Å². The van der Waals surface area contributed by atoms with E-state index in [1.807, 2.05) is 6.07 Å². The standard InChI is InChI=1S/C16H24F/c1-4-16(2,3)12-7-5-6-9-14-10-8-11-15(17)13-14/h7-8,10-11,13H,4-6,9,12H2,1-3H3. The van der Waals surface area contributed by atoms with Gasteiger partial charge in [-0.25, -0.2) is 4.39 Å². The topological polar surface area (TPSA) is 0 Å². The predicted octanol–water partition coefficient (Wildman–Crippen LogP) is 5.18. The molecule has 1 aromatic rings. The summed E-state index contributed by atoms with van der Waals surface area (Å²) in [6.45, 7) is 6.84. The lowest BCUT2D eigenvalue weighted by Crippen LogP contribution is -2.09. The molecule has 0 nitrogen and oxygen atoms in total. The first-order valence-electron chi connectivity index (χ1n) is 6.59. The predicted molar refractivity (Wildman–Crippen MR) is 72.3 cm³/mol. The summed E-state index contributed by atoms with van der Waals surface area (Å²) in [4.78, 5) is 0. The molecule has 0 saturated heterocycles. The van der Waals surface area contributed by atoms with Crippen LogP contribution in [0.2, 0.25) is 0 Å². The molecule has 1 rings (SSSR count). The third-order valence-corrected chi connectivity index (χ3v) is 3.42. The normalized spacial score (nSPS) is 11.8. The van der Waals surface area contributed by atoms with Crippen molar-refractivity contribution in [2.24, 2.45) is 5.41 Å². The van der Waals surface area contributed by atoms with Crippen molar-refractivity contribution >= 4 is 0 Å². The van der Waals surface area contributed by atoms with Crippen LogP contribution in [-0.4, -0.2) is 0 Å². The average Bonchev–Trinajstić information content (AvgIpc) is 2.29. The van der Waals surface area contributed by atoms with Gasteiger partial charge in [0.25, 0.3) is 0 Å². The molecule has 0 amide bonds. The highest BCUT2D eigenvalue weighted by molar-refractivity contribution is 5.16. The molecule has 0 aliphatic carbocycles. The van der Waals surface area contributed by atoms with E-state index in [2.05, 4.69) is 27.2 Å². The van der Waals surface area contributed by atoms with Gasteiger partial charge < -0.3 is 0 Å². The monoisotopic (exact) mass is 235 g/mol. The molecule has 0 heterocycles. The molecule has 1 aromatic carbocycles. The smallest absolute Gasteiger partial charge is 0.123 e. The zero-order chi connectivity index (χ0) is 12.7. The van der Waals surface area contributed by atoms with Gasteiger partial charge in [-0.05, 0) is 55.2 Å². The molecule has 0 aliphatic rings. The van der Waals surface area contributed by atoms with Crippen molar-refractivity contribution < 1.29 is 4.39 Å². The summed E-state index contributed by atoms with van der Waals surface area (Å²) in [6.07, 6.45) is 7.98. The molecule has 0 aliphatic heterocycles. The zero-order valence-electron chi connectivity index (χ0n) is 11.3. The van der Waals surface area contributed by atoms with Crippen molar-refractivity contribution in [3.63, 3.8) is 0 Å². The minimum atomic E-state index is -0.126. The first-order valence-corrected chi connectivity index (χ1v) is 6.59. The lowest BCUT2D eigenvalue weighted by molar-refractivity contribution is 0.341. The van der Waals surface area contributed by atoms with Gasteiger partial charge >= 0.3 is 0 Å². The van der Waals surface area contributed by atoms with E-state index in [9.17, 15) is 4.39 Å². The third-order valence-electron chi connectivity index (χ3n) is 3.42. The number of halogens is 1. The Balaban J connectivity index is 2.17. The molecule has 0 bridgehead atoms. The van der Waals surface area contributed by atoms with Crippen LogP contribution >= 0.6 is 0 Å². The molecular weight excluding hydrogens is 211 g/mol. The quantitative estimate of drug-likeness (QED) is 0.571. The second kappa shape index (κ2) is 6.78. The molecule has 0 saturated carbocycles. The Morgan fingerprint density at radius 2 is 2.06 bits per heavy atom. The Morgan fingerprint density at radius 1 is 1.29 bits per heavy atom. The maximum absolute atomic E-state index is 12.9. The average molecular weight is 235 g/mol. The van der Waals surface area contributed by atoms with Gasteiger partial charge in [0, 0.05) is 0 Å². The molecule has 0 N–H and O–H groups in total. The molecule has 1 radical (unpaired) electrons. The maximum Gasteiger partial charge on any atom is 0.123 e. The minimum Gasteiger partial charge on any atom is -0.207 e. The first kappa shape index (κ1) is 14.2. The van der Waals surface area contributed by atoms with Gasteiger partial charge in [-0.3, -0.25) is 0 Å². The zero-order valence-corrected chi connectivity index (χ0v) is 11.3. The van der Waals surface area contributed by atoms with Crippen LogP contribution in [-0.2, 0) is 6.42 Å². The fourth-order valence-electron chi connectivity index (χ4n) is 1.78. The number of benzene rings is 1. The van der Waals surface area contributed by atoms with Gasteiger partial charge in [-0.2, -0.15) is 0 Å². The van der Waals surface area contributed by atoms with Crippen LogP contribution in [0.1, 0.15) is 52.0 Å². The summed E-state index contributed by atoms with van der Waals surface area (Å²) in [5.41, 5.74) is 1.53. The molecule has 0 fully saturated rings. The SMILES string of the molecule is CCC(C)(C)C[CH]CCCc1cccc(F)c1. The number of hydrogen-bond donors (Lipinski definition) is 0. The van der Waals surface area contributed by atoms with Crippen LogP contribution in [0, 0.1) is 17.7 Å². The Labute approximate surface area is 105 Å². The summed E-state index contributed by atoms with van der Waals surface area (Å²) in [5.74, 6) is -0.126. The third kappa shape index (κ3) is 5.86. The van der Waals surface area contributed by atoms with E-state index in [1.54, 1.807) is 12.1 Å². The van der Waals surface area contributed by atoms with Crippen molar-refractivity contribution in [1.29, 1.82) is 0 Å². The van der Waals surface area contributed by atoms with Crippen LogP contribution in [0.5, 0.6) is 0 Å². The number of rotatable bonds is 7. The van der Waals surface area contributed by atoms with Crippen molar-refractivity contribution in [2.45, 2.75) is 52.9 Å². The van der Waals surface area contributed by atoms with Crippen LogP contribution in [0.3, 0.4) is 0 Å². The number of aryl methyl sites for hydroxylation is 1. The highest BCUT2D eigenvalue weighted by Crippen LogP contribution is 2.26. The van der Waals surface area contributed by atoms with Crippen molar-refractivity contribution in [3.05, 3.63) is 42.1 Å². The Kier molecular flexibility index (Phi) is 5.67. The van der Waals surface area contributed by atoms with Gasteiger partial charge in [-0.15, -0.1) is 0 Å². The van der Waals surface area contributed by atoms with E-state index >= 15 is 0 Å². The molecular formula is C16H24F. The summed E-state index contributed by atoms with van der Waals surface area (Å²) < 4.78 is 12.9. The fraction of sp³-hybridized carbons (Fsp3) is 0.562. The molecule has 0 atom stereocenters. The number of hydrogen-bond acceptors (Lipinski definition) is 0.